The molecular formula is C25H31N3O3S2. The molecule has 8 heteroatoms. The van der Waals surface area contributed by atoms with Crippen molar-refractivity contribution in [1.82, 2.24) is 4.98 Å². The summed E-state index contributed by atoms with van der Waals surface area (Å²) in [4.78, 5) is 5.80. The number of nitrogens with zero attached hydrogens (tertiary/aromatic N) is 1. The quantitative estimate of drug-likeness (QED) is 0.380. The SMILES string of the molecule is COc1ccc(-c2sc(NC3CCCCCC3)nc2C)cc1S(=O)(=O)Nc1ccccc1C. The fourth-order valence-electron chi connectivity index (χ4n) is 4.24. The summed E-state index contributed by atoms with van der Waals surface area (Å²) < 4.78 is 34.7. The van der Waals surface area contributed by atoms with Crippen LogP contribution in [0, 0.1) is 13.8 Å². The van der Waals surface area contributed by atoms with Crippen LogP contribution in [0.25, 0.3) is 10.4 Å². The number of ether oxygens (including phenoxy) is 1. The number of methoxy groups -OCH3 is 1. The van der Waals surface area contributed by atoms with Gasteiger partial charge in [0.05, 0.1) is 23.4 Å². The lowest BCUT2D eigenvalue weighted by molar-refractivity contribution is 0.403. The first-order chi connectivity index (χ1) is 15.9. The third-order valence-electron chi connectivity index (χ3n) is 6.08. The molecule has 0 saturated heterocycles. The van der Waals surface area contributed by atoms with Crippen LogP contribution >= 0.6 is 11.3 Å². The van der Waals surface area contributed by atoms with Crippen molar-refractivity contribution in [3.8, 4) is 16.2 Å². The lowest BCUT2D eigenvalue weighted by atomic mass is 10.1. The number of para-hydroxylation sites is 1. The summed E-state index contributed by atoms with van der Waals surface area (Å²) in [6.07, 6.45) is 7.46. The maximum absolute atomic E-state index is 13.3. The van der Waals surface area contributed by atoms with Crippen molar-refractivity contribution in [1.29, 1.82) is 0 Å². The molecule has 4 rings (SSSR count). The van der Waals surface area contributed by atoms with Gasteiger partial charge in [0.25, 0.3) is 10.0 Å². The molecule has 3 aromatic rings. The van der Waals surface area contributed by atoms with Crippen LogP contribution in [-0.2, 0) is 10.0 Å². The minimum atomic E-state index is -3.85. The van der Waals surface area contributed by atoms with E-state index < -0.39 is 10.0 Å². The molecule has 1 aromatic heterocycles. The highest BCUT2D eigenvalue weighted by Crippen LogP contribution is 2.37. The van der Waals surface area contributed by atoms with Crippen LogP contribution in [0.3, 0.4) is 0 Å². The Morgan fingerprint density at radius 2 is 1.76 bits per heavy atom. The van der Waals surface area contributed by atoms with E-state index in [1.54, 1.807) is 29.5 Å². The van der Waals surface area contributed by atoms with Gasteiger partial charge in [0.1, 0.15) is 10.6 Å². The second-order valence-electron chi connectivity index (χ2n) is 8.55. The highest BCUT2D eigenvalue weighted by Gasteiger charge is 2.23. The van der Waals surface area contributed by atoms with Crippen molar-refractivity contribution in [2.75, 3.05) is 17.1 Å². The summed E-state index contributed by atoms with van der Waals surface area (Å²) >= 11 is 1.57. The molecule has 0 spiro atoms. The van der Waals surface area contributed by atoms with Crippen LogP contribution in [0.5, 0.6) is 5.75 Å². The molecule has 2 aromatic carbocycles. The lowest BCUT2D eigenvalue weighted by Gasteiger charge is -2.15. The molecule has 33 heavy (non-hydrogen) atoms. The van der Waals surface area contributed by atoms with Crippen LogP contribution < -0.4 is 14.8 Å². The number of sulfonamides is 1. The number of aryl methyl sites for hydroxylation is 2. The van der Waals surface area contributed by atoms with Crippen LogP contribution in [0.1, 0.15) is 49.8 Å². The third kappa shape index (κ3) is 5.50. The van der Waals surface area contributed by atoms with Crippen LogP contribution in [0.2, 0.25) is 0 Å². The number of rotatable bonds is 7. The predicted molar refractivity (Wildman–Crippen MR) is 136 cm³/mol. The number of thiazole rings is 1. The van der Waals surface area contributed by atoms with Gasteiger partial charge in [0, 0.05) is 6.04 Å². The van der Waals surface area contributed by atoms with Crippen LogP contribution in [0.4, 0.5) is 10.8 Å². The van der Waals surface area contributed by atoms with Gasteiger partial charge < -0.3 is 10.1 Å². The second kappa shape index (κ2) is 10.1. The number of benzene rings is 2. The Labute approximate surface area is 200 Å². The van der Waals surface area contributed by atoms with Gasteiger partial charge in [-0.15, -0.1) is 0 Å². The Bertz CT molecular complexity index is 1210. The highest BCUT2D eigenvalue weighted by molar-refractivity contribution is 7.92. The fraction of sp³-hybridized carbons (Fsp3) is 0.400. The van der Waals surface area contributed by atoms with Gasteiger partial charge >= 0.3 is 0 Å². The minimum absolute atomic E-state index is 0.108. The Morgan fingerprint density at radius 3 is 2.45 bits per heavy atom. The molecule has 0 radical (unpaired) electrons. The molecule has 176 valence electrons. The molecule has 0 unspecified atom stereocenters. The molecule has 1 saturated carbocycles. The number of nitrogens with one attached hydrogen (secondary N) is 2. The minimum Gasteiger partial charge on any atom is -0.495 e. The van der Waals surface area contributed by atoms with E-state index in [4.69, 9.17) is 9.72 Å². The molecule has 0 atom stereocenters. The lowest BCUT2D eigenvalue weighted by Crippen LogP contribution is -2.17. The number of anilines is 2. The predicted octanol–water partition coefficient (Wildman–Crippen LogP) is 6.37. The van der Waals surface area contributed by atoms with Crippen molar-refractivity contribution in [3.05, 3.63) is 53.7 Å². The van der Waals surface area contributed by atoms with E-state index in [9.17, 15) is 8.42 Å². The molecule has 0 bridgehead atoms. The van der Waals surface area contributed by atoms with Gasteiger partial charge in [-0.2, -0.15) is 0 Å². The first-order valence-electron chi connectivity index (χ1n) is 11.4. The van der Waals surface area contributed by atoms with Crippen molar-refractivity contribution < 1.29 is 13.2 Å². The van der Waals surface area contributed by atoms with E-state index in [1.807, 2.05) is 38.1 Å². The zero-order chi connectivity index (χ0) is 23.4. The van der Waals surface area contributed by atoms with Crippen molar-refractivity contribution >= 4 is 32.2 Å². The molecule has 0 aliphatic heterocycles. The normalized spacial score (nSPS) is 15.1. The molecule has 6 nitrogen and oxygen atoms in total. The third-order valence-corrected chi connectivity index (χ3v) is 8.61. The van der Waals surface area contributed by atoms with Gasteiger partial charge in [0.15, 0.2) is 5.13 Å². The summed E-state index contributed by atoms with van der Waals surface area (Å²) in [7, 11) is -2.37. The van der Waals surface area contributed by atoms with E-state index >= 15 is 0 Å². The zero-order valence-electron chi connectivity index (χ0n) is 19.3. The van der Waals surface area contributed by atoms with Crippen LogP contribution in [0.15, 0.2) is 47.4 Å². The zero-order valence-corrected chi connectivity index (χ0v) is 21.0. The van der Waals surface area contributed by atoms with Gasteiger partial charge in [-0.3, -0.25) is 4.72 Å². The monoisotopic (exact) mass is 485 g/mol. The van der Waals surface area contributed by atoms with Gasteiger partial charge in [-0.05, 0) is 62.1 Å². The average Bonchev–Trinajstić information content (AvgIpc) is 2.98. The summed E-state index contributed by atoms with van der Waals surface area (Å²) in [5.41, 5.74) is 3.10. The maximum atomic E-state index is 13.3. The standard InChI is InChI=1S/C25H31N3O3S2/c1-17-10-8-9-13-21(17)28-33(29,30)23-16-19(14-15-22(23)31-3)24-18(2)26-25(32-24)27-20-11-6-4-5-7-12-20/h8-10,13-16,20,28H,4-7,11-12H2,1-3H3,(H,26,27). The molecule has 1 heterocycles. The molecule has 1 fully saturated rings. The maximum Gasteiger partial charge on any atom is 0.265 e. The average molecular weight is 486 g/mol. The molecule has 0 amide bonds. The second-order valence-corrected chi connectivity index (χ2v) is 11.2. The van der Waals surface area contributed by atoms with Crippen molar-refractivity contribution in [3.63, 3.8) is 0 Å². The first kappa shape index (κ1) is 23.6. The van der Waals surface area contributed by atoms with Gasteiger partial charge in [-0.1, -0.05) is 55.2 Å². The Hall–Kier alpha value is -2.58. The Morgan fingerprint density at radius 1 is 1.03 bits per heavy atom. The summed E-state index contributed by atoms with van der Waals surface area (Å²) in [5.74, 6) is 0.304. The van der Waals surface area contributed by atoms with Crippen molar-refractivity contribution in [2.45, 2.75) is 63.3 Å². The van der Waals surface area contributed by atoms with E-state index in [1.165, 1.54) is 45.6 Å². The van der Waals surface area contributed by atoms with E-state index in [2.05, 4.69) is 10.0 Å². The molecular weight excluding hydrogens is 454 g/mol. The molecule has 2 N–H and O–H groups in total. The number of hydrogen-bond acceptors (Lipinski definition) is 6. The Balaban J connectivity index is 1.64. The molecule has 1 aliphatic rings. The fourth-order valence-corrected chi connectivity index (χ4v) is 6.61. The first-order valence-corrected chi connectivity index (χ1v) is 13.7. The topological polar surface area (TPSA) is 80.3 Å². The van der Waals surface area contributed by atoms with Crippen molar-refractivity contribution in [2.24, 2.45) is 0 Å². The van der Waals surface area contributed by atoms with E-state index in [-0.39, 0.29) is 4.90 Å². The Kier molecular flexibility index (Phi) is 7.24. The van der Waals surface area contributed by atoms with Crippen LogP contribution in [-0.4, -0.2) is 26.6 Å². The highest BCUT2D eigenvalue weighted by atomic mass is 32.2. The smallest absolute Gasteiger partial charge is 0.265 e. The summed E-state index contributed by atoms with van der Waals surface area (Å²) in [6.45, 7) is 3.84. The van der Waals surface area contributed by atoms with E-state index in [0.717, 1.165) is 26.8 Å². The largest absolute Gasteiger partial charge is 0.495 e. The molecule has 1 aliphatic carbocycles. The summed E-state index contributed by atoms with van der Waals surface area (Å²) in [5, 5.41) is 4.51. The number of hydrogen-bond donors (Lipinski definition) is 2. The van der Waals surface area contributed by atoms with Gasteiger partial charge in [0.2, 0.25) is 0 Å². The van der Waals surface area contributed by atoms with Gasteiger partial charge in [-0.25, -0.2) is 13.4 Å². The number of aromatic nitrogens is 1. The summed E-state index contributed by atoms with van der Waals surface area (Å²) in [6, 6.07) is 13.0. The van der Waals surface area contributed by atoms with E-state index in [0.29, 0.717) is 17.5 Å².